The number of fused-ring (bicyclic) bond motifs is 1. The zero-order valence-corrected chi connectivity index (χ0v) is 15.1. The van der Waals surface area contributed by atoms with Gasteiger partial charge in [0, 0.05) is 22.9 Å². The van der Waals surface area contributed by atoms with Crippen LogP contribution in [0.15, 0.2) is 88.1 Å². The van der Waals surface area contributed by atoms with Crippen LogP contribution in [-0.4, -0.2) is 13.0 Å². The summed E-state index contributed by atoms with van der Waals surface area (Å²) in [5.41, 5.74) is 2.34. The van der Waals surface area contributed by atoms with Gasteiger partial charge in [0.25, 0.3) is 5.91 Å². The number of amides is 1. The number of methoxy groups -OCH3 is 1. The van der Waals surface area contributed by atoms with E-state index in [1.165, 1.54) is 6.07 Å². The molecule has 138 valence electrons. The minimum absolute atomic E-state index is 0.142. The van der Waals surface area contributed by atoms with E-state index < -0.39 is 0 Å². The molecule has 0 fully saturated rings. The molecule has 0 unspecified atom stereocenters. The highest BCUT2D eigenvalue weighted by atomic mass is 16.5. The Morgan fingerprint density at radius 3 is 2.39 bits per heavy atom. The lowest BCUT2D eigenvalue weighted by atomic mass is 10.1. The second kappa shape index (κ2) is 7.40. The largest absolute Gasteiger partial charge is 0.497 e. The highest BCUT2D eigenvalue weighted by molar-refractivity contribution is 6.04. The van der Waals surface area contributed by atoms with Crippen molar-refractivity contribution < 1.29 is 13.9 Å². The fourth-order valence-electron chi connectivity index (χ4n) is 2.92. The molecule has 5 heteroatoms. The van der Waals surface area contributed by atoms with Crippen molar-refractivity contribution >= 4 is 22.6 Å². The summed E-state index contributed by atoms with van der Waals surface area (Å²) >= 11 is 0. The van der Waals surface area contributed by atoms with Crippen LogP contribution >= 0.6 is 0 Å². The molecule has 28 heavy (non-hydrogen) atoms. The van der Waals surface area contributed by atoms with E-state index in [1.54, 1.807) is 61.7 Å². The molecule has 4 rings (SSSR count). The Morgan fingerprint density at radius 1 is 0.929 bits per heavy atom. The summed E-state index contributed by atoms with van der Waals surface area (Å²) in [4.78, 5) is 24.7. The maximum Gasteiger partial charge on any atom is 0.255 e. The Bertz CT molecular complexity index is 1190. The van der Waals surface area contributed by atoms with Crippen LogP contribution in [0.25, 0.3) is 22.3 Å². The van der Waals surface area contributed by atoms with Gasteiger partial charge in [-0.15, -0.1) is 0 Å². The number of hydrogen-bond acceptors (Lipinski definition) is 4. The Morgan fingerprint density at radius 2 is 1.68 bits per heavy atom. The third kappa shape index (κ3) is 3.50. The molecule has 0 aliphatic carbocycles. The molecule has 0 bridgehead atoms. The van der Waals surface area contributed by atoms with Crippen LogP contribution in [0.5, 0.6) is 5.75 Å². The molecule has 5 nitrogen and oxygen atoms in total. The second-order valence-electron chi connectivity index (χ2n) is 6.23. The molecule has 1 amide bonds. The zero-order chi connectivity index (χ0) is 19.5. The van der Waals surface area contributed by atoms with E-state index in [-0.39, 0.29) is 11.3 Å². The Labute approximate surface area is 161 Å². The predicted molar refractivity (Wildman–Crippen MR) is 109 cm³/mol. The summed E-state index contributed by atoms with van der Waals surface area (Å²) < 4.78 is 11.0. The molecule has 1 aromatic heterocycles. The number of rotatable bonds is 4. The second-order valence-corrected chi connectivity index (χ2v) is 6.23. The summed E-state index contributed by atoms with van der Waals surface area (Å²) in [5.74, 6) is 0.884. The first-order valence-corrected chi connectivity index (χ1v) is 8.73. The van der Waals surface area contributed by atoms with Gasteiger partial charge in [-0.1, -0.05) is 18.2 Å². The first-order chi connectivity index (χ1) is 13.6. The molecule has 4 aromatic rings. The van der Waals surface area contributed by atoms with Gasteiger partial charge in [-0.3, -0.25) is 9.59 Å². The third-order valence-electron chi connectivity index (χ3n) is 4.40. The molecule has 0 saturated heterocycles. The monoisotopic (exact) mass is 371 g/mol. The van der Waals surface area contributed by atoms with E-state index in [9.17, 15) is 9.59 Å². The van der Waals surface area contributed by atoms with Gasteiger partial charge in [0.1, 0.15) is 17.1 Å². The average molecular weight is 371 g/mol. The van der Waals surface area contributed by atoms with Crippen molar-refractivity contribution in [1.29, 1.82) is 0 Å². The SMILES string of the molecule is COc1ccc2oc(-c3ccc(NC(=O)c4ccccc4)cc3)cc(=O)c2c1. The van der Waals surface area contributed by atoms with Crippen molar-refractivity contribution in [2.24, 2.45) is 0 Å². The zero-order valence-electron chi connectivity index (χ0n) is 15.1. The fraction of sp³-hybridized carbons (Fsp3) is 0.0435. The van der Waals surface area contributed by atoms with Gasteiger partial charge < -0.3 is 14.5 Å². The lowest BCUT2D eigenvalue weighted by Crippen LogP contribution is -2.11. The molecule has 0 radical (unpaired) electrons. The van der Waals surface area contributed by atoms with Crippen molar-refractivity contribution in [3.8, 4) is 17.1 Å². The molecule has 0 atom stereocenters. The lowest BCUT2D eigenvalue weighted by Gasteiger charge is -2.07. The average Bonchev–Trinajstić information content (AvgIpc) is 2.74. The molecule has 0 aliphatic heterocycles. The Balaban J connectivity index is 1.60. The van der Waals surface area contributed by atoms with E-state index in [0.29, 0.717) is 33.7 Å². The molecule has 3 aromatic carbocycles. The van der Waals surface area contributed by atoms with Gasteiger partial charge in [0.15, 0.2) is 5.43 Å². The summed E-state index contributed by atoms with van der Waals surface area (Å²) in [5, 5.41) is 3.31. The third-order valence-corrected chi connectivity index (χ3v) is 4.40. The van der Waals surface area contributed by atoms with Crippen LogP contribution in [0.1, 0.15) is 10.4 Å². The highest BCUT2D eigenvalue weighted by Crippen LogP contribution is 2.25. The topological polar surface area (TPSA) is 68.5 Å². The molecular weight excluding hydrogens is 354 g/mol. The number of hydrogen-bond donors (Lipinski definition) is 1. The molecular formula is C23H17NO4. The van der Waals surface area contributed by atoms with E-state index in [1.807, 2.05) is 18.2 Å². The van der Waals surface area contributed by atoms with Gasteiger partial charge in [-0.25, -0.2) is 0 Å². The van der Waals surface area contributed by atoms with Crippen LogP contribution in [0, 0.1) is 0 Å². The highest BCUT2D eigenvalue weighted by Gasteiger charge is 2.09. The first-order valence-electron chi connectivity index (χ1n) is 8.73. The Kier molecular flexibility index (Phi) is 4.64. The summed E-state index contributed by atoms with van der Waals surface area (Å²) in [6.07, 6.45) is 0. The van der Waals surface area contributed by atoms with Crippen LogP contribution in [0.4, 0.5) is 5.69 Å². The van der Waals surface area contributed by atoms with Gasteiger partial charge in [-0.05, 0) is 54.6 Å². The summed E-state index contributed by atoms with van der Waals surface area (Å²) in [6.45, 7) is 0. The van der Waals surface area contributed by atoms with Crippen molar-refractivity contribution in [3.05, 3.63) is 94.6 Å². The van der Waals surface area contributed by atoms with Crippen molar-refractivity contribution in [1.82, 2.24) is 0 Å². The van der Waals surface area contributed by atoms with Gasteiger partial charge in [0.05, 0.1) is 12.5 Å². The van der Waals surface area contributed by atoms with Crippen LogP contribution < -0.4 is 15.5 Å². The number of ether oxygens (including phenoxy) is 1. The smallest absolute Gasteiger partial charge is 0.255 e. The summed E-state index contributed by atoms with van der Waals surface area (Å²) in [6, 6.07) is 22.7. The number of carbonyl (C=O) groups is 1. The standard InChI is InChI=1S/C23H17NO4/c1-27-18-11-12-21-19(13-18)20(25)14-22(28-21)15-7-9-17(10-8-15)24-23(26)16-5-3-2-4-6-16/h2-14H,1H3,(H,24,26). The van der Waals surface area contributed by atoms with Crippen LogP contribution in [-0.2, 0) is 0 Å². The van der Waals surface area contributed by atoms with Gasteiger partial charge in [0.2, 0.25) is 0 Å². The van der Waals surface area contributed by atoms with E-state index in [2.05, 4.69) is 5.32 Å². The first kappa shape index (κ1) is 17.5. The quantitative estimate of drug-likeness (QED) is 0.563. The van der Waals surface area contributed by atoms with Gasteiger partial charge >= 0.3 is 0 Å². The van der Waals surface area contributed by atoms with E-state index >= 15 is 0 Å². The summed E-state index contributed by atoms with van der Waals surface area (Å²) in [7, 11) is 1.55. The Hall–Kier alpha value is -3.86. The molecule has 1 heterocycles. The minimum Gasteiger partial charge on any atom is -0.497 e. The molecule has 0 saturated carbocycles. The number of anilines is 1. The van der Waals surface area contributed by atoms with Crippen LogP contribution in [0.3, 0.4) is 0 Å². The maximum absolute atomic E-state index is 12.4. The molecule has 1 N–H and O–H groups in total. The van der Waals surface area contributed by atoms with E-state index in [0.717, 1.165) is 5.56 Å². The molecule has 0 aliphatic rings. The normalized spacial score (nSPS) is 10.6. The van der Waals surface area contributed by atoms with E-state index in [4.69, 9.17) is 9.15 Å². The number of nitrogens with one attached hydrogen (secondary N) is 1. The van der Waals surface area contributed by atoms with Crippen molar-refractivity contribution in [3.63, 3.8) is 0 Å². The van der Waals surface area contributed by atoms with Gasteiger partial charge in [-0.2, -0.15) is 0 Å². The maximum atomic E-state index is 12.4. The van der Waals surface area contributed by atoms with Crippen molar-refractivity contribution in [2.75, 3.05) is 12.4 Å². The predicted octanol–water partition coefficient (Wildman–Crippen LogP) is 4.72. The minimum atomic E-state index is -0.181. The van der Waals surface area contributed by atoms with Crippen molar-refractivity contribution in [2.45, 2.75) is 0 Å². The van der Waals surface area contributed by atoms with Crippen LogP contribution in [0.2, 0.25) is 0 Å². The molecule has 0 spiro atoms. The fourth-order valence-corrected chi connectivity index (χ4v) is 2.92. The number of carbonyl (C=O) groups excluding carboxylic acids is 1. The number of benzene rings is 3. The lowest BCUT2D eigenvalue weighted by molar-refractivity contribution is 0.102.